The second kappa shape index (κ2) is 8.74. The number of ether oxygens (including phenoxy) is 5. The quantitative estimate of drug-likeness (QED) is 0.462. The van der Waals surface area contributed by atoms with Gasteiger partial charge in [-0.15, -0.1) is 6.42 Å². The summed E-state index contributed by atoms with van der Waals surface area (Å²) in [5, 5.41) is 33.4. The minimum Gasteiger partial charge on any atom is -0.490 e. The van der Waals surface area contributed by atoms with E-state index in [2.05, 4.69) is 5.32 Å². The molecule has 31 heavy (non-hydrogen) atoms. The molecular weight excluding hydrogens is 410 g/mol. The Morgan fingerprint density at radius 3 is 2.55 bits per heavy atom. The molecule has 5 atom stereocenters. The van der Waals surface area contributed by atoms with Gasteiger partial charge in [-0.2, -0.15) is 0 Å². The van der Waals surface area contributed by atoms with E-state index in [1.807, 2.05) is 5.92 Å². The summed E-state index contributed by atoms with van der Waals surface area (Å²) < 4.78 is 27.8. The Bertz CT molecular complexity index is 920. The van der Waals surface area contributed by atoms with Crippen LogP contribution in [0.5, 0.6) is 17.2 Å². The third kappa shape index (κ3) is 4.32. The van der Waals surface area contributed by atoms with E-state index >= 15 is 0 Å². The van der Waals surface area contributed by atoms with Crippen LogP contribution in [0, 0.1) is 12.3 Å². The SMILES string of the molecule is C#CC(=O)NC1=Cc2ccc(OC3OC(C)(C)C(OC)C(O)C3O)c(OC)c2OC1O. The first kappa shape index (κ1) is 22.9. The fraction of sp³-hybridized carbons (Fsp3) is 0.476. The maximum absolute atomic E-state index is 11.4. The van der Waals surface area contributed by atoms with Gasteiger partial charge in [-0.3, -0.25) is 4.79 Å². The highest BCUT2D eigenvalue weighted by molar-refractivity contribution is 5.94. The molecule has 2 aliphatic heterocycles. The molecule has 1 fully saturated rings. The number of aliphatic hydroxyl groups excluding tert-OH is 3. The largest absolute Gasteiger partial charge is 0.490 e. The molecule has 168 valence electrons. The first-order valence-corrected chi connectivity index (χ1v) is 9.41. The maximum Gasteiger partial charge on any atom is 0.299 e. The molecule has 2 heterocycles. The predicted molar refractivity (Wildman–Crippen MR) is 107 cm³/mol. The Morgan fingerprint density at radius 1 is 1.23 bits per heavy atom. The monoisotopic (exact) mass is 435 g/mol. The van der Waals surface area contributed by atoms with Crippen LogP contribution in [-0.2, 0) is 14.3 Å². The molecule has 0 saturated carbocycles. The Morgan fingerprint density at radius 2 is 1.94 bits per heavy atom. The number of rotatable bonds is 5. The summed E-state index contributed by atoms with van der Waals surface area (Å²) in [5.74, 6) is 1.56. The van der Waals surface area contributed by atoms with Gasteiger partial charge in [0.25, 0.3) is 5.91 Å². The zero-order valence-corrected chi connectivity index (χ0v) is 17.5. The van der Waals surface area contributed by atoms with Gasteiger partial charge in [-0.1, -0.05) is 0 Å². The highest BCUT2D eigenvalue weighted by atomic mass is 16.7. The number of carbonyl (C=O) groups excluding carboxylic acids is 1. The van der Waals surface area contributed by atoms with Gasteiger partial charge in [0.2, 0.25) is 18.3 Å². The lowest BCUT2D eigenvalue weighted by Gasteiger charge is -2.46. The van der Waals surface area contributed by atoms with E-state index in [4.69, 9.17) is 30.1 Å². The van der Waals surface area contributed by atoms with Gasteiger partial charge in [0.1, 0.15) is 18.3 Å². The van der Waals surface area contributed by atoms with Gasteiger partial charge < -0.3 is 44.3 Å². The van der Waals surface area contributed by atoms with Crippen molar-refractivity contribution in [1.29, 1.82) is 0 Å². The van der Waals surface area contributed by atoms with Crippen molar-refractivity contribution in [2.45, 2.75) is 50.3 Å². The van der Waals surface area contributed by atoms with Gasteiger partial charge in [0.05, 0.1) is 18.4 Å². The van der Waals surface area contributed by atoms with Gasteiger partial charge in [-0.25, -0.2) is 0 Å². The van der Waals surface area contributed by atoms with Crippen molar-refractivity contribution in [3.63, 3.8) is 0 Å². The summed E-state index contributed by atoms with van der Waals surface area (Å²) in [5.41, 5.74) is -0.418. The van der Waals surface area contributed by atoms with E-state index in [0.29, 0.717) is 5.56 Å². The van der Waals surface area contributed by atoms with Crippen molar-refractivity contribution in [3.05, 3.63) is 23.4 Å². The first-order chi connectivity index (χ1) is 14.6. The molecule has 0 spiro atoms. The molecule has 0 aliphatic carbocycles. The zero-order valence-electron chi connectivity index (χ0n) is 17.5. The van der Waals surface area contributed by atoms with Crippen LogP contribution < -0.4 is 19.5 Å². The second-order valence-corrected chi connectivity index (χ2v) is 7.53. The smallest absolute Gasteiger partial charge is 0.299 e. The summed E-state index contributed by atoms with van der Waals surface area (Å²) in [6, 6.07) is 3.13. The fourth-order valence-corrected chi connectivity index (χ4v) is 3.59. The number of terminal acetylenes is 1. The zero-order chi connectivity index (χ0) is 22.9. The van der Waals surface area contributed by atoms with Gasteiger partial charge >= 0.3 is 0 Å². The molecule has 1 aromatic rings. The molecule has 0 bridgehead atoms. The fourth-order valence-electron chi connectivity index (χ4n) is 3.59. The highest BCUT2D eigenvalue weighted by Gasteiger charge is 2.50. The van der Waals surface area contributed by atoms with Crippen molar-refractivity contribution >= 4 is 12.0 Å². The second-order valence-electron chi connectivity index (χ2n) is 7.53. The van der Waals surface area contributed by atoms with Crippen LogP contribution in [-0.4, -0.2) is 71.9 Å². The molecule has 5 unspecified atom stereocenters. The number of benzene rings is 1. The average Bonchev–Trinajstić information content (AvgIpc) is 2.72. The summed E-state index contributed by atoms with van der Waals surface area (Å²) in [4.78, 5) is 11.4. The van der Waals surface area contributed by atoms with Crippen molar-refractivity contribution in [2.24, 2.45) is 0 Å². The molecule has 10 nitrogen and oxygen atoms in total. The van der Waals surface area contributed by atoms with Crippen LogP contribution in [0.25, 0.3) is 6.08 Å². The Labute approximate surface area is 179 Å². The number of hydrogen-bond donors (Lipinski definition) is 4. The predicted octanol–water partition coefficient (Wildman–Crippen LogP) is -0.253. The molecule has 2 aliphatic rings. The summed E-state index contributed by atoms with van der Waals surface area (Å²) in [7, 11) is 2.78. The van der Waals surface area contributed by atoms with E-state index in [9.17, 15) is 20.1 Å². The molecule has 1 amide bonds. The van der Waals surface area contributed by atoms with Gasteiger partial charge in [-0.05, 0) is 38.0 Å². The number of amides is 1. The summed E-state index contributed by atoms with van der Waals surface area (Å²) in [6.07, 6.45) is 0.335. The van der Waals surface area contributed by atoms with E-state index in [1.54, 1.807) is 19.9 Å². The lowest BCUT2D eigenvalue weighted by Crippen LogP contribution is -2.63. The molecule has 3 rings (SSSR count). The average molecular weight is 435 g/mol. The van der Waals surface area contributed by atoms with Crippen LogP contribution in [0.4, 0.5) is 0 Å². The number of fused-ring (bicyclic) bond motifs is 1. The summed E-state index contributed by atoms with van der Waals surface area (Å²) in [6.45, 7) is 3.40. The molecule has 1 saturated heterocycles. The summed E-state index contributed by atoms with van der Waals surface area (Å²) >= 11 is 0. The van der Waals surface area contributed by atoms with Crippen LogP contribution in [0.15, 0.2) is 17.8 Å². The lowest BCUT2D eigenvalue weighted by molar-refractivity contribution is -0.306. The molecular formula is C21H25NO9. The van der Waals surface area contributed by atoms with E-state index in [-0.39, 0.29) is 22.9 Å². The standard InChI is InChI=1S/C21H25NO9/c1-6-13(23)22-11-9-10-7-8-12(17(27-4)16(10)30-19(11)26)29-20-15(25)14(24)18(28-5)21(2,3)31-20/h1,7-9,14-15,18-20,24-26H,2-5H3,(H,22,23). The minimum absolute atomic E-state index is 0.0627. The van der Waals surface area contributed by atoms with Crippen molar-refractivity contribution < 1.29 is 43.8 Å². The Hall–Kier alpha value is -2.81. The number of hydrogen-bond acceptors (Lipinski definition) is 9. The lowest BCUT2D eigenvalue weighted by atomic mass is 9.89. The van der Waals surface area contributed by atoms with Crippen molar-refractivity contribution in [3.8, 4) is 29.6 Å². The van der Waals surface area contributed by atoms with Crippen molar-refractivity contribution in [1.82, 2.24) is 5.32 Å². The topological polar surface area (TPSA) is 136 Å². The highest BCUT2D eigenvalue weighted by Crippen LogP contribution is 2.45. The van der Waals surface area contributed by atoms with Crippen molar-refractivity contribution in [2.75, 3.05) is 14.2 Å². The third-order valence-corrected chi connectivity index (χ3v) is 5.05. The van der Waals surface area contributed by atoms with Gasteiger partial charge in [0, 0.05) is 12.7 Å². The number of nitrogens with one attached hydrogen (secondary N) is 1. The Kier molecular flexibility index (Phi) is 6.45. The van der Waals surface area contributed by atoms with E-state index < -0.39 is 42.4 Å². The minimum atomic E-state index is -1.51. The van der Waals surface area contributed by atoms with Crippen LogP contribution in [0.3, 0.4) is 0 Å². The van der Waals surface area contributed by atoms with Crippen LogP contribution in [0.1, 0.15) is 19.4 Å². The molecule has 10 heteroatoms. The maximum atomic E-state index is 11.4. The number of aliphatic hydroxyl groups is 3. The Balaban J connectivity index is 1.91. The molecule has 1 aromatic carbocycles. The number of methoxy groups -OCH3 is 2. The molecule has 0 radical (unpaired) electrons. The molecule has 4 N–H and O–H groups in total. The van der Waals surface area contributed by atoms with E-state index in [1.165, 1.54) is 26.4 Å². The third-order valence-electron chi connectivity index (χ3n) is 5.05. The van der Waals surface area contributed by atoms with E-state index in [0.717, 1.165) is 0 Å². The normalized spacial score (nSPS) is 29.0. The number of carbonyl (C=O) groups is 1. The van der Waals surface area contributed by atoms with Crippen LogP contribution in [0.2, 0.25) is 0 Å². The van der Waals surface area contributed by atoms with Crippen LogP contribution >= 0.6 is 0 Å². The molecule has 0 aromatic heterocycles. The van der Waals surface area contributed by atoms with Gasteiger partial charge in [0.15, 0.2) is 11.5 Å². The first-order valence-electron chi connectivity index (χ1n) is 9.41.